The maximum Gasteiger partial charge on any atom is 0.270 e. The van der Waals surface area contributed by atoms with Gasteiger partial charge in [-0.2, -0.15) is 0 Å². The Labute approximate surface area is 125 Å². The van der Waals surface area contributed by atoms with Crippen molar-refractivity contribution in [1.82, 2.24) is 4.72 Å². The van der Waals surface area contributed by atoms with Gasteiger partial charge in [0.05, 0.1) is 10.6 Å². The van der Waals surface area contributed by atoms with Crippen LogP contribution in [0, 0.1) is 10.1 Å². The maximum absolute atomic E-state index is 12.2. The molecule has 0 aliphatic heterocycles. The zero-order valence-corrected chi connectivity index (χ0v) is 13.3. The Morgan fingerprint density at radius 3 is 2.57 bits per heavy atom. The summed E-state index contributed by atoms with van der Waals surface area (Å²) >= 11 is 0. The van der Waals surface area contributed by atoms with E-state index >= 15 is 0 Å². The van der Waals surface area contributed by atoms with Crippen molar-refractivity contribution in [3.05, 3.63) is 28.3 Å². The highest BCUT2D eigenvalue weighted by molar-refractivity contribution is 7.89. The molecule has 0 fully saturated rings. The zero-order chi connectivity index (χ0) is 16.0. The lowest BCUT2D eigenvalue weighted by Gasteiger charge is -2.11. The largest absolute Gasteiger partial charge is 0.387 e. The van der Waals surface area contributed by atoms with Crippen LogP contribution in [0.1, 0.15) is 6.42 Å². The molecule has 0 heterocycles. The van der Waals surface area contributed by atoms with Gasteiger partial charge in [-0.3, -0.25) is 14.3 Å². The summed E-state index contributed by atoms with van der Waals surface area (Å²) in [6.07, 6.45) is 1.96. The second-order valence-electron chi connectivity index (χ2n) is 4.22. The number of nitrogens with one attached hydrogen (secondary N) is 2. The Bertz CT molecular complexity index is 645. The molecule has 0 amide bonds. The lowest BCUT2D eigenvalue weighted by Crippen LogP contribution is -2.26. The first-order valence-electron chi connectivity index (χ1n) is 6.04. The monoisotopic (exact) mass is 335 g/mol. The van der Waals surface area contributed by atoms with E-state index in [2.05, 4.69) is 10.0 Å². The van der Waals surface area contributed by atoms with Gasteiger partial charge in [-0.25, -0.2) is 13.1 Å². The van der Waals surface area contributed by atoms with Crippen molar-refractivity contribution in [2.24, 2.45) is 0 Å². The molecule has 0 saturated heterocycles. The van der Waals surface area contributed by atoms with E-state index in [0.29, 0.717) is 12.2 Å². The van der Waals surface area contributed by atoms with E-state index < -0.39 is 25.7 Å². The van der Waals surface area contributed by atoms with Gasteiger partial charge in [0.2, 0.25) is 10.0 Å². The van der Waals surface area contributed by atoms with E-state index in [1.807, 2.05) is 0 Å². The molecule has 1 unspecified atom stereocenters. The Morgan fingerprint density at radius 1 is 1.38 bits per heavy atom. The first-order chi connectivity index (χ1) is 9.77. The number of hydrogen-bond acceptors (Lipinski definition) is 6. The van der Waals surface area contributed by atoms with Gasteiger partial charge in [0.25, 0.3) is 5.69 Å². The van der Waals surface area contributed by atoms with Crippen molar-refractivity contribution in [1.29, 1.82) is 0 Å². The number of anilines is 1. The number of nitro groups is 1. The highest BCUT2D eigenvalue weighted by atomic mass is 32.2. The minimum atomic E-state index is -3.87. The fourth-order valence-corrected chi connectivity index (χ4v) is 3.47. The normalized spacial score (nSPS) is 12.9. The van der Waals surface area contributed by atoms with Crippen molar-refractivity contribution >= 4 is 32.2 Å². The number of nitro benzene ring substituents is 1. The molecule has 0 spiro atoms. The molecule has 1 aromatic rings. The summed E-state index contributed by atoms with van der Waals surface area (Å²) in [5.41, 5.74) is -0.0313. The molecule has 0 aromatic heterocycles. The average molecular weight is 335 g/mol. The van der Waals surface area contributed by atoms with Gasteiger partial charge >= 0.3 is 0 Å². The van der Waals surface area contributed by atoms with Crippen LogP contribution in [0.4, 0.5) is 11.4 Å². The minimum Gasteiger partial charge on any atom is -0.387 e. The van der Waals surface area contributed by atoms with Crippen LogP contribution in [-0.2, 0) is 20.8 Å². The summed E-state index contributed by atoms with van der Waals surface area (Å²) in [6.45, 7) is 0.119. The van der Waals surface area contributed by atoms with Crippen molar-refractivity contribution in [3.63, 3.8) is 0 Å². The quantitative estimate of drug-likeness (QED) is 0.410. The minimum absolute atomic E-state index is 0.119. The number of non-ortho nitro benzene ring substituents is 1. The molecule has 1 aromatic carbocycles. The van der Waals surface area contributed by atoms with E-state index in [1.165, 1.54) is 25.4 Å². The van der Waals surface area contributed by atoms with E-state index in [0.717, 1.165) is 6.07 Å². The van der Waals surface area contributed by atoms with Crippen LogP contribution in [0.15, 0.2) is 23.1 Å². The lowest BCUT2D eigenvalue weighted by molar-refractivity contribution is -0.385. The molecule has 2 N–H and O–H groups in total. The summed E-state index contributed by atoms with van der Waals surface area (Å²) in [7, 11) is -3.34. The van der Waals surface area contributed by atoms with Crippen LogP contribution in [-0.4, -0.2) is 43.2 Å². The van der Waals surface area contributed by atoms with Gasteiger partial charge < -0.3 is 5.32 Å². The number of rotatable bonds is 8. The van der Waals surface area contributed by atoms with Crippen molar-refractivity contribution in [3.8, 4) is 0 Å². The first-order valence-corrected chi connectivity index (χ1v) is 9.25. The van der Waals surface area contributed by atoms with Gasteiger partial charge in [-0.1, -0.05) is 0 Å². The number of sulfonamides is 1. The molecule has 1 rings (SSSR count). The van der Waals surface area contributed by atoms with Gasteiger partial charge in [-0.05, 0) is 12.5 Å². The summed E-state index contributed by atoms with van der Waals surface area (Å²) in [5.74, 6) is 0.385. The van der Waals surface area contributed by atoms with E-state index in [1.54, 1.807) is 0 Å². The molecular formula is C11H17N3O5S2. The summed E-state index contributed by atoms with van der Waals surface area (Å²) in [4.78, 5) is 9.91. The van der Waals surface area contributed by atoms with Gasteiger partial charge in [0.15, 0.2) is 0 Å². The lowest BCUT2D eigenvalue weighted by atomic mass is 10.3. The Kier molecular flexibility index (Phi) is 6.24. The molecule has 0 bridgehead atoms. The van der Waals surface area contributed by atoms with Crippen LogP contribution >= 0.6 is 0 Å². The first kappa shape index (κ1) is 17.5. The SMILES string of the molecule is CNc1ccc([N+](=O)[O-])cc1S(=O)(=O)NCCCS(C)=O. The Balaban J connectivity index is 2.97. The molecular weight excluding hydrogens is 318 g/mol. The van der Waals surface area contributed by atoms with E-state index in [9.17, 15) is 22.7 Å². The molecule has 1 atom stereocenters. The van der Waals surface area contributed by atoms with E-state index in [4.69, 9.17) is 0 Å². The predicted molar refractivity (Wildman–Crippen MR) is 81.4 cm³/mol. The molecule has 118 valence electrons. The fraction of sp³-hybridized carbons (Fsp3) is 0.455. The van der Waals surface area contributed by atoms with Crippen LogP contribution in [0.3, 0.4) is 0 Å². The molecule has 0 saturated carbocycles. The molecule has 21 heavy (non-hydrogen) atoms. The summed E-state index contributed by atoms with van der Waals surface area (Å²) in [5, 5.41) is 13.4. The van der Waals surface area contributed by atoms with Crippen molar-refractivity contribution < 1.29 is 17.6 Å². The summed E-state index contributed by atoms with van der Waals surface area (Å²) < 4.78 is 37.6. The second-order valence-corrected chi connectivity index (χ2v) is 7.51. The third-order valence-corrected chi connectivity index (χ3v) is 5.00. The highest BCUT2D eigenvalue weighted by Gasteiger charge is 2.21. The van der Waals surface area contributed by atoms with Crippen LogP contribution in [0.2, 0.25) is 0 Å². The smallest absolute Gasteiger partial charge is 0.270 e. The molecule has 0 aliphatic rings. The third kappa shape index (κ3) is 5.06. The topological polar surface area (TPSA) is 118 Å². The Morgan fingerprint density at radius 2 is 2.05 bits per heavy atom. The zero-order valence-electron chi connectivity index (χ0n) is 11.7. The number of nitrogens with zero attached hydrogens (tertiary/aromatic N) is 1. The standard InChI is InChI=1S/C11H17N3O5S2/c1-12-10-5-4-9(14(15)16)8-11(10)21(18,19)13-6-3-7-20(2)17/h4-5,8,12-13H,3,6-7H2,1-2H3. The van der Waals surface area contributed by atoms with Gasteiger partial charge in [0, 0.05) is 48.5 Å². The highest BCUT2D eigenvalue weighted by Crippen LogP contribution is 2.25. The average Bonchev–Trinajstić information content (AvgIpc) is 2.42. The maximum atomic E-state index is 12.2. The van der Waals surface area contributed by atoms with Crippen molar-refractivity contribution in [2.45, 2.75) is 11.3 Å². The van der Waals surface area contributed by atoms with Crippen LogP contribution in [0.5, 0.6) is 0 Å². The van der Waals surface area contributed by atoms with Gasteiger partial charge in [-0.15, -0.1) is 0 Å². The summed E-state index contributed by atoms with van der Waals surface area (Å²) in [6, 6.07) is 3.57. The molecule has 10 heteroatoms. The van der Waals surface area contributed by atoms with Gasteiger partial charge in [0.1, 0.15) is 4.90 Å². The van der Waals surface area contributed by atoms with Crippen LogP contribution < -0.4 is 10.0 Å². The number of hydrogen-bond donors (Lipinski definition) is 2. The predicted octanol–water partition coefficient (Wildman–Crippen LogP) is 0.683. The fourth-order valence-electron chi connectivity index (χ4n) is 1.61. The van der Waals surface area contributed by atoms with E-state index in [-0.39, 0.29) is 22.8 Å². The van der Waals surface area contributed by atoms with Crippen molar-refractivity contribution in [2.75, 3.05) is 30.9 Å². The molecule has 0 aliphatic carbocycles. The Hall–Kier alpha value is -1.52. The molecule has 8 nitrogen and oxygen atoms in total. The molecule has 0 radical (unpaired) electrons. The second kappa shape index (κ2) is 7.48. The van der Waals surface area contributed by atoms with Crippen LogP contribution in [0.25, 0.3) is 0 Å². The third-order valence-electron chi connectivity index (χ3n) is 2.64. The number of benzene rings is 1.